The van der Waals surface area contributed by atoms with Crippen LogP contribution in [0.25, 0.3) is 0 Å². The van der Waals surface area contributed by atoms with Gasteiger partial charge in [0.25, 0.3) is 0 Å². The molecule has 0 spiro atoms. The second-order valence-electron chi connectivity index (χ2n) is 4.97. The van der Waals surface area contributed by atoms with Crippen molar-refractivity contribution in [2.45, 2.75) is 32.7 Å². The molecular weight excluding hydrogens is 278 g/mol. The monoisotopic (exact) mass is 305 g/mol. The molecule has 0 aromatic heterocycles. The molecule has 5 nitrogen and oxygen atoms in total. The Bertz CT molecular complexity index is 513. The summed E-state index contributed by atoms with van der Waals surface area (Å²) in [5.41, 5.74) is 7.90. The molecule has 0 saturated carbocycles. The van der Waals surface area contributed by atoms with Gasteiger partial charge in [0.15, 0.2) is 17.5 Å². The molecule has 0 aliphatic heterocycles. The van der Waals surface area contributed by atoms with E-state index in [0.29, 0.717) is 24.7 Å². The molecule has 0 aliphatic rings. The third-order valence-corrected chi connectivity index (χ3v) is 3.25. The number of unbranched alkanes of at least 4 members (excludes halogenated alkanes) is 1. The van der Waals surface area contributed by atoms with Crippen LogP contribution in [-0.4, -0.2) is 26.7 Å². The molecular formula is C17H27N3O2. The number of nitrogens with zero attached hydrogens (tertiary/aromatic N) is 1. The van der Waals surface area contributed by atoms with Gasteiger partial charge in [-0.1, -0.05) is 19.4 Å². The summed E-state index contributed by atoms with van der Waals surface area (Å²) in [6, 6.07) is 3.97. The maximum Gasteiger partial charge on any atom is 0.188 e. The number of guanidine groups is 1. The van der Waals surface area contributed by atoms with Crippen molar-refractivity contribution >= 4 is 5.96 Å². The van der Waals surface area contributed by atoms with E-state index in [4.69, 9.17) is 15.2 Å². The molecule has 1 rings (SSSR count). The van der Waals surface area contributed by atoms with Crippen molar-refractivity contribution in [3.05, 3.63) is 35.9 Å². The predicted octanol–water partition coefficient (Wildman–Crippen LogP) is 2.64. The van der Waals surface area contributed by atoms with Crippen LogP contribution >= 0.6 is 0 Å². The van der Waals surface area contributed by atoms with Crippen molar-refractivity contribution in [1.29, 1.82) is 0 Å². The molecule has 0 fully saturated rings. The number of ether oxygens (including phenoxy) is 2. The van der Waals surface area contributed by atoms with E-state index >= 15 is 0 Å². The second-order valence-corrected chi connectivity index (χ2v) is 4.97. The first-order valence-corrected chi connectivity index (χ1v) is 7.54. The fourth-order valence-electron chi connectivity index (χ4n) is 2.13. The summed E-state index contributed by atoms with van der Waals surface area (Å²) < 4.78 is 10.8. The predicted molar refractivity (Wildman–Crippen MR) is 91.7 cm³/mol. The van der Waals surface area contributed by atoms with Crippen molar-refractivity contribution in [2.24, 2.45) is 10.7 Å². The molecule has 1 aromatic rings. The van der Waals surface area contributed by atoms with Crippen LogP contribution in [-0.2, 0) is 13.0 Å². The third-order valence-electron chi connectivity index (χ3n) is 3.25. The summed E-state index contributed by atoms with van der Waals surface area (Å²) in [6.07, 6.45) is 4.75. The minimum atomic E-state index is 0.466. The number of allylic oxidation sites excluding steroid dienone is 1. The van der Waals surface area contributed by atoms with Gasteiger partial charge < -0.3 is 20.5 Å². The summed E-state index contributed by atoms with van der Waals surface area (Å²) >= 11 is 0. The maximum atomic E-state index is 5.85. The zero-order valence-corrected chi connectivity index (χ0v) is 13.8. The summed E-state index contributed by atoms with van der Waals surface area (Å²) in [6.45, 7) is 7.26. The Hall–Kier alpha value is -2.17. The fourth-order valence-corrected chi connectivity index (χ4v) is 2.13. The lowest BCUT2D eigenvalue weighted by Crippen LogP contribution is -2.32. The van der Waals surface area contributed by atoms with Crippen molar-refractivity contribution in [3.8, 4) is 11.5 Å². The van der Waals surface area contributed by atoms with Crippen LogP contribution in [0.2, 0.25) is 0 Å². The minimum absolute atomic E-state index is 0.466. The van der Waals surface area contributed by atoms with Crippen LogP contribution in [0.3, 0.4) is 0 Å². The van der Waals surface area contributed by atoms with Crippen molar-refractivity contribution in [3.63, 3.8) is 0 Å². The number of rotatable bonds is 9. The highest BCUT2D eigenvalue weighted by Crippen LogP contribution is 2.33. The Labute approximate surface area is 133 Å². The Morgan fingerprint density at radius 3 is 2.73 bits per heavy atom. The average Bonchev–Trinajstić information content (AvgIpc) is 2.53. The first-order chi connectivity index (χ1) is 10.7. The lowest BCUT2D eigenvalue weighted by molar-refractivity contribution is 0.352. The van der Waals surface area contributed by atoms with Gasteiger partial charge in [-0.05, 0) is 30.5 Å². The normalized spacial score (nSPS) is 11.1. The summed E-state index contributed by atoms with van der Waals surface area (Å²) in [7, 11) is 3.27. The van der Waals surface area contributed by atoms with E-state index < -0.39 is 0 Å². The first-order valence-electron chi connectivity index (χ1n) is 7.54. The molecule has 0 radical (unpaired) electrons. The van der Waals surface area contributed by atoms with Crippen LogP contribution in [0.4, 0.5) is 0 Å². The van der Waals surface area contributed by atoms with E-state index in [2.05, 4.69) is 23.8 Å². The van der Waals surface area contributed by atoms with Crippen LogP contribution in [0.15, 0.2) is 29.8 Å². The van der Waals surface area contributed by atoms with Gasteiger partial charge in [0.2, 0.25) is 0 Å². The quantitative estimate of drug-likeness (QED) is 0.318. The summed E-state index contributed by atoms with van der Waals surface area (Å²) in [5, 5.41) is 3.10. The number of benzene rings is 1. The smallest absolute Gasteiger partial charge is 0.188 e. The van der Waals surface area contributed by atoms with Gasteiger partial charge in [-0.25, -0.2) is 4.99 Å². The van der Waals surface area contributed by atoms with E-state index in [-0.39, 0.29) is 0 Å². The standard InChI is InChI=1S/C17H27N3O2/c1-5-7-9-19-17(18)20-12-13-10-14(8-6-2)16(22-4)15(11-13)21-3/h6,10-11H,2,5,7-9,12H2,1,3-4H3,(H3,18,19,20). The van der Waals surface area contributed by atoms with E-state index in [9.17, 15) is 0 Å². The van der Waals surface area contributed by atoms with Gasteiger partial charge in [-0.15, -0.1) is 6.58 Å². The molecule has 22 heavy (non-hydrogen) atoms. The highest BCUT2D eigenvalue weighted by Gasteiger charge is 2.11. The Morgan fingerprint density at radius 2 is 2.14 bits per heavy atom. The number of hydrogen-bond donors (Lipinski definition) is 2. The number of nitrogens with two attached hydrogens (primary N) is 1. The first kappa shape index (κ1) is 17.9. The second kappa shape index (κ2) is 9.71. The number of hydrogen-bond acceptors (Lipinski definition) is 3. The molecule has 1 aromatic carbocycles. The maximum absolute atomic E-state index is 5.85. The Morgan fingerprint density at radius 1 is 1.36 bits per heavy atom. The summed E-state index contributed by atoms with van der Waals surface area (Å²) in [5.74, 6) is 1.90. The van der Waals surface area contributed by atoms with E-state index in [1.165, 1.54) is 0 Å². The van der Waals surface area contributed by atoms with Gasteiger partial charge >= 0.3 is 0 Å². The number of nitrogens with one attached hydrogen (secondary N) is 1. The molecule has 0 atom stereocenters. The van der Waals surface area contributed by atoms with E-state index in [1.54, 1.807) is 14.2 Å². The topological polar surface area (TPSA) is 68.9 Å². The fraction of sp³-hybridized carbons (Fsp3) is 0.471. The molecule has 0 bridgehead atoms. The van der Waals surface area contributed by atoms with Gasteiger partial charge in [-0.2, -0.15) is 0 Å². The van der Waals surface area contributed by atoms with Crippen molar-refractivity contribution < 1.29 is 9.47 Å². The molecule has 0 unspecified atom stereocenters. The minimum Gasteiger partial charge on any atom is -0.493 e. The van der Waals surface area contributed by atoms with Gasteiger partial charge in [0.05, 0.1) is 20.8 Å². The van der Waals surface area contributed by atoms with Gasteiger partial charge in [0.1, 0.15) is 0 Å². The number of methoxy groups -OCH3 is 2. The molecule has 5 heteroatoms. The van der Waals surface area contributed by atoms with Crippen LogP contribution < -0.4 is 20.5 Å². The van der Waals surface area contributed by atoms with Crippen molar-refractivity contribution in [2.75, 3.05) is 20.8 Å². The van der Waals surface area contributed by atoms with Crippen LogP contribution in [0.1, 0.15) is 30.9 Å². The molecule has 122 valence electrons. The SMILES string of the molecule is C=CCc1cc(CN=C(N)NCCCC)cc(OC)c1OC. The zero-order chi connectivity index (χ0) is 16.4. The highest BCUT2D eigenvalue weighted by molar-refractivity contribution is 5.77. The average molecular weight is 305 g/mol. The Kier molecular flexibility index (Phi) is 7.89. The lowest BCUT2D eigenvalue weighted by atomic mass is 10.1. The summed E-state index contributed by atoms with van der Waals surface area (Å²) in [4.78, 5) is 4.36. The molecule has 0 heterocycles. The van der Waals surface area contributed by atoms with E-state index in [0.717, 1.165) is 36.3 Å². The lowest BCUT2D eigenvalue weighted by Gasteiger charge is -2.14. The molecule has 0 saturated heterocycles. The molecule has 0 amide bonds. The van der Waals surface area contributed by atoms with Crippen molar-refractivity contribution in [1.82, 2.24) is 5.32 Å². The van der Waals surface area contributed by atoms with Crippen LogP contribution in [0.5, 0.6) is 11.5 Å². The highest BCUT2D eigenvalue weighted by atomic mass is 16.5. The zero-order valence-electron chi connectivity index (χ0n) is 13.8. The third kappa shape index (κ3) is 5.31. The molecule has 0 aliphatic carbocycles. The van der Waals surface area contributed by atoms with E-state index in [1.807, 2.05) is 18.2 Å². The number of aliphatic imine (C=N–C) groups is 1. The largest absolute Gasteiger partial charge is 0.493 e. The van der Waals surface area contributed by atoms with Gasteiger partial charge in [0, 0.05) is 12.1 Å². The molecule has 3 N–H and O–H groups in total. The Balaban J connectivity index is 2.88. The van der Waals surface area contributed by atoms with Gasteiger partial charge in [-0.3, -0.25) is 0 Å². The van der Waals surface area contributed by atoms with Crippen LogP contribution in [0, 0.1) is 0 Å².